The molecule has 0 aliphatic carbocycles. The summed E-state index contributed by atoms with van der Waals surface area (Å²) >= 11 is 8.30. The molecule has 16 heavy (non-hydrogen) atoms. The molecule has 0 bridgehead atoms. The molecule has 1 heterocycles. The fourth-order valence-corrected chi connectivity index (χ4v) is 2.55. The first-order valence-electron chi connectivity index (χ1n) is 4.36. The monoisotopic (exact) mass is 359 g/mol. The number of halogens is 2. The topological polar surface area (TPSA) is 51.8 Å². The summed E-state index contributed by atoms with van der Waals surface area (Å²) in [6, 6.07) is 8.00. The molecule has 0 amide bonds. The Hall–Kier alpha value is -0.590. The van der Waals surface area contributed by atoms with E-state index in [0.29, 0.717) is 5.82 Å². The highest BCUT2D eigenvalue weighted by Gasteiger charge is 2.07. The molecule has 0 saturated carbocycles. The third-order valence-electron chi connectivity index (χ3n) is 1.81. The highest BCUT2D eigenvalue weighted by atomic mass is 79.9. The van der Waals surface area contributed by atoms with Gasteiger partial charge in [-0.25, -0.2) is 9.97 Å². The van der Waals surface area contributed by atoms with Gasteiger partial charge in [-0.15, -0.1) is 0 Å². The molecule has 82 valence electrons. The molecule has 2 rings (SSSR count). The van der Waals surface area contributed by atoms with Gasteiger partial charge in [-0.2, -0.15) is 0 Å². The van der Waals surface area contributed by atoms with Gasteiger partial charge in [-0.05, 0) is 40.2 Å². The van der Waals surface area contributed by atoms with Crippen molar-refractivity contribution in [2.45, 2.75) is 9.92 Å². The largest absolute Gasteiger partial charge is 0.383 e. The smallest absolute Gasteiger partial charge is 0.142 e. The van der Waals surface area contributed by atoms with Gasteiger partial charge in [0, 0.05) is 9.37 Å². The van der Waals surface area contributed by atoms with Crippen LogP contribution in [0.4, 0.5) is 5.82 Å². The van der Waals surface area contributed by atoms with Crippen molar-refractivity contribution in [3.8, 4) is 0 Å². The Kier molecular flexibility index (Phi) is 3.83. The van der Waals surface area contributed by atoms with E-state index in [4.69, 9.17) is 5.73 Å². The summed E-state index contributed by atoms with van der Waals surface area (Å²) in [5.41, 5.74) is 5.68. The Labute approximate surface area is 114 Å². The number of nitrogens with zero attached hydrogens (tertiary/aromatic N) is 2. The summed E-state index contributed by atoms with van der Waals surface area (Å²) in [4.78, 5) is 9.16. The molecule has 6 heteroatoms. The highest BCUT2D eigenvalue weighted by Crippen LogP contribution is 2.33. The molecule has 0 spiro atoms. The van der Waals surface area contributed by atoms with Crippen LogP contribution in [0.25, 0.3) is 0 Å². The first kappa shape index (κ1) is 11.9. The van der Waals surface area contributed by atoms with Crippen LogP contribution in [0.1, 0.15) is 0 Å². The molecule has 0 atom stereocenters. The fourth-order valence-electron chi connectivity index (χ4n) is 1.05. The summed E-state index contributed by atoms with van der Waals surface area (Å²) in [7, 11) is 0. The molecule has 0 saturated heterocycles. The first-order chi connectivity index (χ1) is 7.66. The average molecular weight is 361 g/mol. The summed E-state index contributed by atoms with van der Waals surface area (Å²) in [5, 5.41) is 0.815. The van der Waals surface area contributed by atoms with E-state index in [2.05, 4.69) is 41.8 Å². The average Bonchev–Trinajstić information content (AvgIpc) is 2.28. The lowest BCUT2D eigenvalue weighted by Crippen LogP contribution is -1.94. The number of hydrogen-bond donors (Lipinski definition) is 1. The van der Waals surface area contributed by atoms with Gasteiger partial charge >= 0.3 is 0 Å². The van der Waals surface area contributed by atoms with E-state index in [1.165, 1.54) is 18.1 Å². The lowest BCUT2D eigenvalue weighted by atomic mass is 10.4. The lowest BCUT2D eigenvalue weighted by molar-refractivity contribution is 1.03. The van der Waals surface area contributed by atoms with Crippen molar-refractivity contribution in [3.63, 3.8) is 0 Å². The minimum atomic E-state index is 0.453. The minimum absolute atomic E-state index is 0.453. The van der Waals surface area contributed by atoms with Crippen LogP contribution in [0.3, 0.4) is 0 Å². The maximum absolute atomic E-state index is 5.68. The van der Waals surface area contributed by atoms with E-state index in [-0.39, 0.29) is 0 Å². The second-order valence-electron chi connectivity index (χ2n) is 2.93. The van der Waals surface area contributed by atoms with Gasteiger partial charge in [0.1, 0.15) is 17.2 Å². The van der Waals surface area contributed by atoms with E-state index in [1.54, 1.807) is 0 Å². The number of benzene rings is 1. The van der Waals surface area contributed by atoms with Crippen LogP contribution >= 0.6 is 43.6 Å². The van der Waals surface area contributed by atoms with E-state index < -0.39 is 0 Å². The van der Waals surface area contributed by atoms with Crippen molar-refractivity contribution < 1.29 is 0 Å². The van der Waals surface area contributed by atoms with Crippen molar-refractivity contribution in [1.29, 1.82) is 0 Å². The quantitative estimate of drug-likeness (QED) is 0.829. The predicted molar refractivity (Wildman–Crippen MR) is 72.4 cm³/mol. The maximum Gasteiger partial charge on any atom is 0.142 e. The van der Waals surface area contributed by atoms with Crippen molar-refractivity contribution in [2.24, 2.45) is 0 Å². The van der Waals surface area contributed by atoms with Crippen molar-refractivity contribution in [3.05, 3.63) is 39.5 Å². The molecule has 2 N–H and O–H groups in total. The summed E-state index contributed by atoms with van der Waals surface area (Å²) in [6.45, 7) is 0. The van der Waals surface area contributed by atoms with Gasteiger partial charge < -0.3 is 5.73 Å². The van der Waals surface area contributed by atoms with Gasteiger partial charge in [-0.1, -0.05) is 27.7 Å². The molecule has 1 aromatic heterocycles. The van der Waals surface area contributed by atoms with Crippen LogP contribution < -0.4 is 5.73 Å². The molecule has 0 fully saturated rings. The van der Waals surface area contributed by atoms with E-state index in [1.807, 2.05) is 24.3 Å². The molecular formula is C10H7Br2N3S. The predicted octanol–water partition coefficient (Wildman–Crippen LogP) is 3.74. The maximum atomic E-state index is 5.68. The SMILES string of the molecule is Nc1ncnc(Sc2ccc(Br)cc2)c1Br. The van der Waals surface area contributed by atoms with Crippen molar-refractivity contribution in [1.82, 2.24) is 9.97 Å². The third kappa shape index (κ3) is 2.75. The van der Waals surface area contributed by atoms with Gasteiger partial charge in [0.05, 0.1) is 4.47 Å². The molecule has 2 aromatic rings. The highest BCUT2D eigenvalue weighted by molar-refractivity contribution is 9.10. The Balaban J connectivity index is 2.27. The van der Waals surface area contributed by atoms with Crippen LogP contribution in [0.2, 0.25) is 0 Å². The second-order valence-corrected chi connectivity index (χ2v) is 5.70. The number of anilines is 1. The number of nitrogen functional groups attached to an aromatic ring is 1. The van der Waals surface area contributed by atoms with Gasteiger partial charge in [0.25, 0.3) is 0 Å². The minimum Gasteiger partial charge on any atom is -0.383 e. The zero-order chi connectivity index (χ0) is 11.5. The Morgan fingerprint density at radius 2 is 1.75 bits per heavy atom. The summed E-state index contributed by atoms with van der Waals surface area (Å²) in [5.74, 6) is 0.453. The molecule has 0 aliphatic rings. The molecule has 0 aliphatic heterocycles. The van der Waals surface area contributed by atoms with Crippen LogP contribution in [-0.4, -0.2) is 9.97 Å². The number of aromatic nitrogens is 2. The van der Waals surface area contributed by atoms with Gasteiger partial charge in [0.2, 0.25) is 0 Å². The van der Waals surface area contributed by atoms with Crippen LogP contribution in [-0.2, 0) is 0 Å². The molecule has 0 radical (unpaired) electrons. The zero-order valence-electron chi connectivity index (χ0n) is 8.02. The lowest BCUT2D eigenvalue weighted by Gasteiger charge is -2.04. The standard InChI is InChI=1S/C10H7Br2N3S/c11-6-1-3-7(4-2-6)16-10-8(12)9(13)14-5-15-10/h1-5H,(H2,13,14,15). The summed E-state index contributed by atoms with van der Waals surface area (Å²) < 4.78 is 1.79. The molecule has 0 unspecified atom stereocenters. The number of hydrogen-bond acceptors (Lipinski definition) is 4. The second kappa shape index (κ2) is 5.16. The summed E-state index contributed by atoms with van der Waals surface area (Å²) in [6.07, 6.45) is 1.46. The van der Waals surface area contributed by atoms with E-state index in [0.717, 1.165) is 18.9 Å². The first-order valence-corrected chi connectivity index (χ1v) is 6.76. The Morgan fingerprint density at radius 3 is 2.44 bits per heavy atom. The van der Waals surface area contributed by atoms with Crippen LogP contribution in [0.5, 0.6) is 0 Å². The number of nitrogens with two attached hydrogens (primary N) is 1. The zero-order valence-corrected chi connectivity index (χ0v) is 12.0. The fraction of sp³-hybridized carbons (Fsp3) is 0. The van der Waals surface area contributed by atoms with E-state index in [9.17, 15) is 0 Å². The number of rotatable bonds is 2. The van der Waals surface area contributed by atoms with Crippen LogP contribution in [0.15, 0.2) is 49.5 Å². The normalized spacial score (nSPS) is 10.4. The van der Waals surface area contributed by atoms with Gasteiger partial charge in [0.15, 0.2) is 0 Å². The molecule has 3 nitrogen and oxygen atoms in total. The molecule has 1 aromatic carbocycles. The Morgan fingerprint density at radius 1 is 1.06 bits per heavy atom. The van der Waals surface area contributed by atoms with Crippen molar-refractivity contribution >= 4 is 49.4 Å². The Bertz CT molecular complexity index is 502. The van der Waals surface area contributed by atoms with E-state index >= 15 is 0 Å². The van der Waals surface area contributed by atoms with Crippen LogP contribution in [0, 0.1) is 0 Å². The van der Waals surface area contributed by atoms with Gasteiger partial charge in [-0.3, -0.25) is 0 Å². The van der Waals surface area contributed by atoms with Crippen molar-refractivity contribution in [2.75, 3.05) is 5.73 Å². The third-order valence-corrected chi connectivity index (χ3v) is 4.40. The molecular weight excluding hydrogens is 354 g/mol.